The number of imidazole rings is 2. The monoisotopic (exact) mass is 334 g/mol. The molecule has 4 nitrogen and oxygen atoms in total. The van der Waals surface area contributed by atoms with Gasteiger partial charge in [0.2, 0.25) is 0 Å². The van der Waals surface area contributed by atoms with E-state index in [-0.39, 0.29) is 5.82 Å². The van der Waals surface area contributed by atoms with Gasteiger partial charge in [0.05, 0.1) is 11.4 Å². The Balaban J connectivity index is 1.50. The van der Waals surface area contributed by atoms with Gasteiger partial charge >= 0.3 is 0 Å². The molecule has 0 amide bonds. The fourth-order valence-corrected chi connectivity index (χ4v) is 3.78. The lowest BCUT2D eigenvalue weighted by Crippen LogP contribution is -1.91. The first kappa shape index (κ1) is 14.6. The molecule has 2 unspecified atom stereocenters. The van der Waals surface area contributed by atoms with E-state index in [1.54, 1.807) is 6.20 Å². The first-order valence-corrected chi connectivity index (χ1v) is 8.75. The standard InChI is InChI=1S/C20H19FN4/c1-3-13-4-7-25-12(2)20(23-19(25)8-13)16-10-15(16)17-11-24-6-5-14(21)9-18(24)22-17/h4-9,11,15-16H,3,10H2,1-2H3. The van der Waals surface area contributed by atoms with Crippen LogP contribution in [-0.4, -0.2) is 18.8 Å². The van der Waals surface area contributed by atoms with Gasteiger partial charge in [-0.1, -0.05) is 6.92 Å². The maximum atomic E-state index is 13.4. The molecule has 4 heterocycles. The van der Waals surface area contributed by atoms with E-state index < -0.39 is 0 Å². The number of pyridine rings is 2. The molecule has 0 aromatic carbocycles. The highest BCUT2D eigenvalue weighted by molar-refractivity contribution is 5.49. The highest BCUT2D eigenvalue weighted by atomic mass is 19.1. The molecular formula is C20H19FN4. The van der Waals surface area contributed by atoms with Crippen LogP contribution in [0.1, 0.15) is 47.8 Å². The number of aryl methyl sites for hydroxylation is 2. The van der Waals surface area contributed by atoms with Gasteiger partial charge in [0.15, 0.2) is 0 Å². The predicted molar refractivity (Wildman–Crippen MR) is 94.6 cm³/mol. The van der Waals surface area contributed by atoms with Crippen molar-refractivity contribution >= 4 is 11.3 Å². The average molecular weight is 334 g/mol. The van der Waals surface area contributed by atoms with Crippen LogP contribution in [0.4, 0.5) is 4.39 Å². The topological polar surface area (TPSA) is 34.6 Å². The molecule has 1 fully saturated rings. The van der Waals surface area contributed by atoms with Crippen LogP contribution in [0.25, 0.3) is 11.3 Å². The second-order valence-corrected chi connectivity index (χ2v) is 6.92. The van der Waals surface area contributed by atoms with E-state index in [9.17, 15) is 4.39 Å². The summed E-state index contributed by atoms with van der Waals surface area (Å²) in [6.07, 6.45) is 7.92. The summed E-state index contributed by atoms with van der Waals surface area (Å²) < 4.78 is 17.4. The maximum Gasteiger partial charge on any atom is 0.139 e. The number of aromatic nitrogens is 4. The van der Waals surface area contributed by atoms with Gasteiger partial charge in [-0.3, -0.25) is 0 Å². The molecule has 4 aromatic heterocycles. The number of hydrogen-bond donors (Lipinski definition) is 0. The van der Waals surface area contributed by atoms with Crippen LogP contribution in [-0.2, 0) is 6.42 Å². The Morgan fingerprint density at radius 2 is 2.00 bits per heavy atom. The van der Waals surface area contributed by atoms with E-state index in [0.717, 1.165) is 24.2 Å². The highest BCUT2D eigenvalue weighted by Gasteiger charge is 2.44. The molecule has 2 atom stereocenters. The molecule has 0 saturated heterocycles. The smallest absolute Gasteiger partial charge is 0.139 e. The lowest BCUT2D eigenvalue weighted by molar-refractivity contribution is 0.626. The molecule has 5 rings (SSSR count). The number of rotatable bonds is 3. The minimum absolute atomic E-state index is 0.250. The summed E-state index contributed by atoms with van der Waals surface area (Å²) in [7, 11) is 0. The number of nitrogens with zero attached hydrogens (tertiary/aromatic N) is 4. The van der Waals surface area contributed by atoms with Gasteiger partial charge in [-0.25, -0.2) is 14.4 Å². The molecule has 4 aromatic rings. The third-order valence-corrected chi connectivity index (χ3v) is 5.34. The molecule has 1 saturated carbocycles. The second-order valence-electron chi connectivity index (χ2n) is 6.92. The molecule has 5 heteroatoms. The van der Waals surface area contributed by atoms with Gasteiger partial charge in [0.25, 0.3) is 0 Å². The Labute approximate surface area is 145 Å². The van der Waals surface area contributed by atoms with E-state index in [0.29, 0.717) is 17.5 Å². The molecule has 1 aliphatic rings. The van der Waals surface area contributed by atoms with Crippen LogP contribution in [0.15, 0.2) is 42.9 Å². The number of fused-ring (bicyclic) bond motifs is 2. The van der Waals surface area contributed by atoms with Gasteiger partial charge in [-0.2, -0.15) is 0 Å². The van der Waals surface area contributed by atoms with E-state index in [4.69, 9.17) is 4.98 Å². The van der Waals surface area contributed by atoms with Crippen LogP contribution in [0.2, 0.25) is 0 Å². The van der Waals surface area contributed by atoms with Crippen molar-refractivity contribution in [3.05, 3.63) is 71.3 Å². The molecule has 0 radical (unpaired) electrons. The number of halogens is 1. The summed E-state index contributed by atoms with van der Waals surface area (Å²) in [5.74, 6) is 0.525. The van der Waals surface area contributed by atoms with Crippen molar-refractivity contribution in [1.29, 1.82) is 0 Å². The van der Waals surface area contributed by atoms with Gasteiger partial charge < -0.3 is 8.80 Å². The van der Waals surface area contributed by atoms with E-state index in [1.807, 2.05) is 10.6 Å². The first-order chi connectivity index (χ1) is 12.1. The van der Waals surface area contributed by atoms with Gasteiger partial charge in [-0.15, -0.1) is 0 Å². The van der Waals surface area contributed by atoms with Crippen molar-refractivity contribution in [3.63, 3.8) is 0 Å². The largest absolute Gasteiger partial charge is 0.307 e. The van der Waals surface area contributed by atoms with E-state index >= 15 is 0 Å². The summed E-state index contributed by atoms with van der Waals surface area (Å²) in [5.41, 5.74) is 6.40. The minimum Gasteiger partial charge on any atom is -0.307 e. The van der Waals surface area contributed by atoms with Crippen LogP contribution < -0.4 is 0 Å². The van der Waals surface area contributed by atoms with Crippen molar-refractivity contribution < 1.29 is 4.39 Å². The Hall–Kier alpha value is -2.69. The highest BCUT2D eigenvalue weighted by Crippen LogP contribution is 2.54. The molecule has 0 spiro atoms. The second kappa shape index (κ2) is 5.15. The Morgan fingerprint density at radius 1 is 1.12 bits per heavy atom. The Bertz CT molecular complexity index is 1110. The zero-order chi connectivity index (χ0) is 17.1. The third kappa shape index (κ3) is 2.26. The fraction of sp³-hybridized carbons (Fsp3) is 0.300. The van der Waals surface area contributed by atoms with Gasteiger partial charge in [-0.05, 0) is 43.5 Å². The number of hydrogen-bond acceptors (Lipinski definition) is 2. The summed E-state index contributed by atoms with van der Waals surface area (Å²) in [6.45, 7) is 4.29. The van der Waals surface area contributed by atoms with Crippen LogP contribution in [0.5, 0.6) is 0 Å². The van der Waals surface area contributed by atoms with Crippen molar-refractivity contribution in [1.82, 2.24) is 18.8 Å². The summed E-state index contributed by atoms with van der Waals surface area (Å²) in [6, 6.07) is 7.26. The van der Waals surface area contributed by atoms with Crippen molar-refractivity contribution in [2.24, 2.45) is 0 Å². The summed E-state index contributed by atoms with van der Waals surface area (Å²) >= 11 is 0. The SMILES string of the molecule is CCc1ccn2c(C)c(C3CC3c3cn4ccc(F)cc4n3)nc2c1. The van der Waals surface area contributed by atoms with Crippen LogP contribution in [0, 0.1) is 12.7 Å². The zero-order valence-electron chi connectivity index (χ0n) is 14.3. The Morgan fingerprint density at radius 3 is 2.84 bits per heavy atom. The normalized spacial score (nSPS) is 19.8. The van der Waals surface area contributed by atoms with Crippen molar-refractivity contribution in [3.8, 4) is 0 Å². The molecule has 1 aliphatic carbocycles. The molecule has 25 heavy (non-hydrogen) atoms. The van der Waals surface area contributed by atoms with Crippen LogP contribution in [0.3, 0.4) is 0 Å². The van der Waals surface area contributed by atoms with Crippen molar-refractivity contribution in [2.75, 3.05) is 0 Å². The summed E-state index contributed by atoms with van der Waals surface area (Å²) in [4.78, 5) is 9.51. The van der Waals surface area contributed by atoms with Crippen molar-refractivity contribution in [2.45, 2.75) is 38.5 Å². The lowest BCUT2D eigenvalue weighted by Gasteiger charge is -1.99. The maximum absolute atomic E-state index is 13.4. The average Bonchev–Trinajstić information content (AvgIpc) is 3.19. The molecule has 126 valence electrons. The molecule has 0 N–H and O–H groups in total. The predicted octanol–water partition coefficient (Wildman–Crippen LogP) is 4.26. The quantitative estimate of drug-likeness (QED) is 0.561. The zero-order valence-corrected chi connectivity index (χ0v) is 14.3. The fourth-order valence-electron chi connectivity index (χ4n) is 3.78. The van der Waals surface area contributed by atoms with Gasteiger partial charge in [0, 0.05) is 42.2 Å². The van der Waals surface area contributed by atoms with Gasteiger partial charge in [0.1, 0.15) is 17.1 Å². The molecular weight excluding hydrogens is 315 g/mol. The third-order valence-electron chi connectivity index (χ3n) is 5.34. The molecule has 0 bridgehead atoms. The van der Waals surface area contributed by atoms with Crippen LogP contribution >= 0.6 is 0 Å². The lowest BCUT2D eigenvalue weighted by atomic mass is 10.2. The first-order valence-electron chi connectivity index (χ1n) is 8.75. The van der Waals surface area contributed by atoms with E-state index in [2.05, 4.69) is 41.6 Å². The molecule has 0 aliphatic heterocycles. The minimum atomic E-state index is -0.250. The summed E-state index contributed by atoms with van der Waals surface area (Å²) in [5, 5.41) is 0. The van der Waals surface area contributed by atoms with E-state index in [1.165, 1.54) is 29.1 Å². The Kier molecular flexibility index (Phi) is 3.02.